The van der Waals surface area contributed by atoms with E-state index >= 15 is 0 Å². The fraction of sp³-hybridized carbons (Fsp3) is 0.345. The van der Waals surface area contributed by atoms with Gasteiger partial charge in [-0.1, -0.05) is 35.9 Å². The molecule has 200 valence electrons. The number of amides is 3. The second-order valence-electron chi connectivity index (χ2n) is 10.4. The Balaban J connectivity index is 1.10. The molecule has 0 spiro atoms. The first-order valence-electron chi connectivity index (χ1n) is 13.3. The van der Waals surface area contributed by atoms with Crippen LogP contribution in [0.2, 0.25) is 5.02 Å². The third kappa shape index (κ3) is 5.06. The summed E-state index contributed by atoms with van der Waals surface area (Å²) in [6, 6.07) is 7.32. The highest BCUT2D eigenvalue weighted by Crippen LogP contribution is 2.35. The van der Waals surface area contributed by atoms with Crippen LogP contribution in [0.15, 0.2) is 73.4 Å². The van der Waals surface area contributed by atoms with E-state index < -0.39 is 0 Å². The van der Waals surface area contributed by atoms with Gasteiger partial charge in [0, 0.05) is 31.2 Å². The molecule has 1 saturated carbocycles. The molecule has 0 aromatic carbocycles. The fourth-order valence-electron chi connectivity index (χ4n) is 5.82. The fourth-order valence-corrected chi connectivity index (χ4v) is 5.97. The van der Waals surface area contributed by atoms with Crippen molar-refractivity contribution in [2.75, 3.05) is 11.4 Å². The summed E-state index contributed by atoms with van der Waals surface area (Å²) in [5.41, 5.74) is 1.95. The monoisotopic (exact) mass is 543 g/mol. The molecule has 6 rings (SSSR count). The first-order valence-corrected chi connectivity index (χ1v) is 13.7. The molecule has 2 atom stereocenters. The second kappa shape index (κ2) is 10.6. The van der Waals surface area contributed by atoms with Gasteiger partial charge in [-0.15, -0.1) is 0 Å². The predicted molar refractivity (Wildman–Crippen MR) is 149 cm³/mol. The van der Waals surface area contributed by atoms with Gasteiger partial charge in [0.1, 0.15) is 0 Å². The Kier molecular flexibility index (Phi) is 6.91. The third-order valence-electron chi connectivity index (χ3n) is 7.87. The number of urea groups is 1. The minimum atomic E-state index is -0.134. The van der Waals surface area contributed by atoms with E-state index in [1.165, 1.54) is 0 Å². The number of anilines is 1. The van der Waals surface area contributed by atoms with E-state index in [-0.39, 0.29) is 30.1 Å². The lowest BCUT2D eigenvalue weighted by Crippen LogP contribution is -2.42. The zero-order chi connectivity index (χ0) is 26.9. The molecule has 4 heterocycles. The zero-order valence-corrected chi connectivity index (χ0v) is 22.4. The highest BCUT2D eigenvalue weighted by molar-refractivity contribution is 6.30. The van der Waals surface area contributed by atoms with Crippen molar-refractivity contribution in [1.29, 1.82) is 0 Å². The van der Waals surface area contributed by atoms with E-state index in [1.807, 2.05) is 53.3 Å². The maximum atomic E-state index is 13.8. The molecule has 1 aliphatic heterocycles. The number of hydrogen-bond acceptors (Lipinski definition) is 5. The van der Waals surface area contributed by atoms with Crippen LogP contribution in [0.3, 0.4) is 0 Å². The molecule has 39 heavy (non-hydrogen) atoms. The van der Waals surface area contributed by atoms with Crippen LogP contribution in [-0.4, -0.2) is 61.3 Å². The summed E-state index contributed by atoms with van der Waals surface area (Å²) in [7, 11) is 0. The highest BCUT2D eigenvalue weighted by Gasteiger charge is 2.45. The van der Waals surface area contributed by atoms with Crippen molar-refractivity contribution in [3.8, 4) is 5.82 Å². The number of nitrogens with zero attached hydrogens (tertiary/aromatic N) is 6. The highest BCUT2D eigenvalue weighted by atomic mass is 35.5. The quantitative estimate of drug-likeness (QED) is 0.485. The number of hydrogen-bond donors (Lipinski definition) is 1. The van der Waals surface area contributed by atoms with Gasteiger partial charge in [-0.25, -0.2) is 14.5 Å². The topological polar surface area (TPSA) is 96.2 Å². The molecule has 3 aliphatic rings. The molecule has 3 amide bonds. The van der Waals surface area contributed by atoms with Gasteiger partial charge in [-0.2, -0.15) is 5.10 Å². The summed E-state index contributed by atoms with van der Waals surface area (Å²) < 4.78 is 1.69. The van der Waals surface area contributed by atoms with Crippen molar-refractivity contribution in [2.24, 2.45) is 5.92 Å². The van der Waals surface area contributed by atoms with Crippen LogP contribution in [-0.2, 0) is 0 Å². The van der Waals surface area contributed by atoms with Gasteiger partial charge in [0.25, 0.3) is 5.91 Å². The summed E-state index contributed by atoms with van der Waals surface area (Å²) >= 11 is 6.05. The molecule has 0 radical (unpaired) electrons. The van der Waals surface area contributed by atoms with E-state index in [2.05, 4.69) is 32.5 Å². The summed E-state index contributed by atoms with van der Waals surface area (Å²) in [6.45, 7) is 2.50. The van der Waals surface area contributed by atoms with Gasteiger partial charge in [0.15, 0.2) is 5.82 Å². The lowest BCUT2D eigenvalue weighted by Gasteiger charge is -2.33. The Labute approximate surface area is 232 Å². The molecule has 3 aromatic heterocycles. The number of carbonyl (C=O) groups is 2. The van der Waals surface area contributed by atoms with Crippen molar-refractivity contribution in [2.45, 2.75) is 50.7 Å². The Bertz CT molecular complexity index is 1410. The molecule has 1 saturated heterocycles. The van der Waals surface area contributed by atoms with E-state index in [0.717, 1.165) is 31.4 Å². The van der Waals surface area contributed by atoms with Crippen LogP contribution in [0.4, 0.5) is 10.5 Å². The van der Waals surface area contributed by atoms with Crippen LogP contribution in [0.5, 0.6) is 0 Å². The van der Waals surface area contributed by atoms with E-state index in [0.29, 0.717) is 34.6 Å². The van der Waals surface area contributed by atoms with Gasteiger partial charge < -0.3 is 10.2 Å². The molecule has 9 nitrogen and oxygen atoms in total. The van der Waals surface area contributed by atoms with Crippen molar-refractivity contribution >= 4 is 29.2 Å². The SMILES string of the molecule is Cc1ncc(Cl)cc1C(=O)N[C@H]1CC[C@H](CN2C(=O)N(c3ccc(-n4cccn4)nc3)C3C=CC=CC32)CC1. The number of nitrogens with one attached hydrogen (secondary N) is 1. The number of carbonyl (C=O) groups excluding carboxylic acids is 2. The number of fused-ring (bicyclic) bond motifs is 1. The minimum absolute atomic E-state index is 0.00537. The average molecular weight is 544 g/mol. The van der Waals surface area contributed by atoms with Crippen LogP contribution in [0, 0.1) is 12.8 Å². The summed E-state index contributed by atoms with van der Waals surface area (Å²) in [4.78, 5) is 39.1. The lowest BCUT2D eigenvalue weighted by molar-refractivity contribution is 0.0917. The number of halogens is 1. The number of allylic oxidation sites excluding steroid dienone is 2. The molecule has 2 fully saturated rings. The normalized spacial score (nSPS) is 24.2. The first-order chi connectivity index (χ1) is 19.0. The smallest absolute Gasteiger partial charge is 0.325 e. The number of aromatic nitrogens is 4. The van der Waals surface area contributed by atoms with Gasteiger partial charge >= 0.3 is 6.03 Å². The Hall–Kier alpha value is -3.98. The van der Waals surface area contributed by atoms with Crippen molar-refractivity contribution in [3.05, 3.63) is 89.6 Å². The summed E-state index contributed by atoms with van der Waals surface area (Å²) in [5, 5.41) is 7.84. The molecular weight excluding hydrogens is 514 g/mol. The summed E-state index contributed by atoms with van der Waals surface area (Å²) in [6.07, 6.45) is 18.7. The van der Waals surface area contributed by atoms with E-state index in [1.54, 1.807) is 29.3 Å². The van der Waals surface area contributed by atoms with Crippen molar-refractivity contribution < 1.29 is 9.59 Å². The van der Waals surface area contributed by atoms with Crippen molar-refractivity contribution in [3.63, 3.8) is 0 Å². The van der Waals surface area contributed by atoms with Gasteiger partial charge in [-0.3, -0.25) is 14.7 Å². The second-order valence-corrected chi connectivity index (χ2v) is 10.8. The molecule has 10 heteroatoms. The van der Waals surface area contributed by atoms with Crippen LogP contribution in [0.1, 0.15) is 41.7 Å². The van der Waals surface area contributed by atoms with Crippen LogP contribution >= 0.6 is 11.6 Å². The number of pyridine rings is 2. The molecule has 2 unspecified atom stereocenters. The zero-order valence-electron chi connectivity index (χ0n) is 21.7. The largest absolute Gasteiger partial charge is 0.349 e. The molecule has 1 N–H and O–H groups in total. The minimum Gasteiger partial charge on any atom is -0.349 e. The van der Waals surface area contributed by atoms with Gasteiger partial charge in [-0.05, 0) is 62.8 Å². The molecule has 3 aromatic rings. The summed E-state index contributed by atoms with van der Waals surface area (Å²) in [5.74, 6) is 0.941. The maximum absolute atomic E-state index is 13.8. The molecular formula is C29H30ClN7O2. The first kappa shape index (κ1) is 25.3. The van der Waals surface area contributed by atoms with Crippen LogP contribution < -0.4 is 10.2 Å². The van der Waals surface area contributed by atoms with Gasteiger partial charge in [0.2, 0.25) is 0 Å². The number of aryl methyl sites for hydroxylation is 1. The Morgan fingerprint density at radius 1 is 1.08 bits per heavy atom. The third-order valence-corrected chi connectivity index (χ3v) is 8.08. The standard InChI is InChI=1S/C29H30ClN7O2/c1-19-24(15-21(30)16-31-19)28(38)34-22-9-7-20(8-10-22)18-35-25-5-2-3-6-26(25)37(29(35)39)23-11-12-27(32-17-23)36-14-4-13-33-36/h2-6,11-17,20,22,25-26H,7-10,18H2,1H3,(H,34,38)/t20-,22-,25?,26?. The van der Waals surface area contributed by atoms with E-state index in [4.69, 9.17) is 11.6 Å². The predicted octanol–water partition coefficient (Wildman–Crippen LogP) is 4.72. The molecule has 0 bridgehead atoms. The average Bonchev–Trinajstić information content (AvgIpc) is 3.58. The van der Waals surface area contributed by atoms with Gasteiger partial charge in [0.05, 0.1) is 40.2 Å². The Morgan fingerprint density at radius 2 is 1.87 bits per heavy atom. The van der Waals surface area contributed by atoms with Crippen LogP contribution in [0.25, 0.3) is 5.82 Å². The number of rotatable bonds is 6. The van der Waals surface area contributed by atoms with Crippen molar-refractivity contribution in [1.82, 2.24) is 30.0 Å². The lowest BCUT2D eigenvalue weighted by atomic mass is 9.85. The van der Waals surface area contributed by atoms with E-state index in [9.17, 15) is 9.59 Å². The Morgan fingerprint density at radius 3 is 2.59 bits per heavy atom. The molecule has 2 aliphatic carbocycles. The maximum Gasteiger partial charge on any atom is 0.325 e.